The molecule has 0 fully saturated rings. The lowest BCUT2D eigenvalue weighted by molar-refractivity contribution is 0.175. The lowest BCUT2D eigenvalue weighted by Gasteiger charge is -2.39. The van der Waals surface area contributed by atoms with Crippen molar-refractivity contribution in [2.75, 3.05) is 6.61 Å². The lowest BCUT2D eigenvalue weighted by Crippen LogP contribution is -2.44. The van der Waals surface area contributed by atoms with Crippen molar-refractivity contribution in [3.8, 4) is 0 Å². The van der Waals surface area contributed by atoms with E-state index in [-0.39, 0.29) is 17.7 Å². The highest BCUT2D eigenvalue weighted by molar-refractivity contribution is 6.74. The van der Waals surface area contributed by atoms with Crippen LogP contribution in [0.5, 0.6) is 0 Å². The number of hydrogen-bond donors (Lipinski definition) is 1. The predicted octanol–water partition coefficient (Wildman–Crippen LogP) is 4.28. The smallest absolute Gasteiger partial charge is 0.192 e. The van der Waals surface area contributed by atoms with Crippen LogP contribution in [0.3, 0.4) is 0 Å². The first-order valence-corrected chi connectivity index (χ1v) is 9.50. The van der Waals surface area contributed by atoms with Gasteiger partial charge in [-0.25, -0.2) is 0 Å². The van der Waals surface area contributed by atoms with Crippen LogP contribution in [-0.2, 0) is 4.43 Å². The van der Waals surface area contributed by atoms with E-state index in [1.165, 1.54) is 0 Å². The van der Waals surface area contributed by atoms with Crippen molar-refractivity contribution in [1.29, 1.82) is 0 Å². The average molecular weight is 270 g/mol. The van der Waals surface area contributed by atoms with Crippen molar-refractivity contribution in [2.24, 2.45) is 0 Å². The van der Waals surface area contributed by atoms with Crippen molar-refractivity contribution in [2.45, 2.75) is 64.8 Å². The van der Waals surface area contributed by atoms with Gasteiger partial charge in [0.25, 0.3) is 0 Å². The first-order chi connectivity index (χ1) is 7.99. The summed E-state index contributed by atoms with van der Waals surface area (Å²) >= 11 is 0. The van der Waals surface area contributed by atoms with E-state index in [0.29, 0.717) is 0 Å². The molecule has 0 aromatic heterocycles. The van der Waals surface area contributed by atoms with Crippen molar-refractivity contribution >= 4 is 8.32 Å². The second kappa shape index (κ2) is 6.69. The van der Waals surface area contributed by atoms with Gasteiger partial charge >= 0.3 is 0 Å². The molecule has 0 aromatic carbocycles. The van der Waals surface area contributed by atoms with Crippen LogP contribution in [0, 0.1) is 0 Å². The maximum atomic E-state index is 9.11. The molecule has 0 aliphatic carbocycles. The standard InChI is InChI=1S/C15H30O2Si/c1-12(2)9-14(10-13(3)11-16)17-18(7,8)15(4,5)6/h14,16H,1,3,9-11H2,2,4-8H3/t14-/m1/s1. The maximum absolute atomic E-state index is 9.11. The van der Waals surface area contributed by atoms with Gasteiger partial charge in [-0.05, 0) is 43.5 Å². The molecule has 0 spiro atoms. The van der Waals surface area contributed by atoms with Crippen molar-refractivity contribution in [3.05, 3.63) is 24.3 Å². The first-order valence-electron chi connectivity index (χ1n) is 6.59. The molecule has 2 nitrogen and oxygen atoms in total. The van der Waals surface area contributed by atoms with Gasteiger partial charge in [0, 0.05) is 0 Å². The maximum Gasteiger partial charge on any atom is 0.192 e. The molecule has 0 aromatic rings. The van der Waals surface area contributed by atoms with E-state index < -0.39 is 8.32 Å². The second-order valence-electron chi connectivity index (χ2n) is 6.77. The summed E-state index contributed by atoms with van der Waals surface area (Å²) in [6.45, 7) is 21.1. The Balaban J connectivity index is 4.78. The second-order valence-corrected chi connectivity index (χ2v) is 11.5. The molecule has 0 amide bonds. The molecular formula is C15H30O2Si. The lowest BCUT2D eigenvalue weighted by atomic mass is 10.0. The van der Waals surface area contributed by atoms with Gasteiger partial charge in [0.1, 0.15) is 0 Å². The van der Waals surface area contributed by atoms with Crippen LogP contribution in [0.2, 0.25) is 18.1 Å². The average Bonchev–Trinajstić information content (AvgIpc) is 2.13. The molecule has 0 aliphatic heterocycles. The molecule has 106 valence electrons. The monoisotopic (exact) mass is 270 g/mol. The van der Waals surface area contributed by atoms with Crippen LogP contribution in [0.4, 0.5) is 0 Å². The number of rotatable bonds is 7. The van der Waals surface area contributed by atoms with E-state index in [4.69, 9.17) is 9.53 Å². The molecule has 1 atom stereocenters. The van der Waals surface area contributed by atoms with Crippen LogP contribution in [0.25, 0.3) is 0 Å². The van der Waals surface area contributed by atoms with Gasteiger partial charge in [-0.15, -0.1) is 6.58 Å². The summed E-state index contributed by atoms with van der Waals surface area (Å²) < 4.78 is 6.39. The van der Waals surface area contributed by atoms with Crippen molar-refractivity contribution in [1.82, 2.24) is 0 Å². The fraction of sp³-hybridized carbons (Fsp3) is 0.733. The van der Waals surface area contributed by atoms with Crippen LogP contribution >= 0.6 is 0 Å². The third-order valence-electron chi connectivity index (χ3n) is 3.58. The van der Waals surface area contributed by atoms with Gasteiger partial charge in [0.2, 0.25) is 0 Å². The predicted molar refractivity (Wildman–Crippen MR) is 82.3 cm³/mol. The Labute approximate surface area is 114 Å². The summed E-state index contributed by atoms with van der Waals surface area (Å²) in [5.41, 5.74) is 1.95. The third kappa shape index (κ3) is 5.98. The van der Waals surface area contributed by atoms with Crippen LogP contribution < -0.4 is 0 Å². The Morgan fingerprint density at radius 1 is 1.22 bits per heavy atom. The highest BCUT2D eigenvalue weighted by Gasteiger charge is 2.39. The quantitative estimate of drug-likeness (QED) is 0.552. The van der Waals surface area contributed by atoms with Gasteiger partial charge in [0.15, 0.2) is 8.32 Å². The molecule has 0 unspecified atom stereocenters. The summed E-state index contributed by atoms with van der Waals surface area (Å²) in [7, 11) is -1.78. The van der Waals surface area contributed by atoms with E-state index >= 15 is 0 Å². The molecule has 3 heteroatoms. The van der Waals surface area contributed by atoms with Crippen LogP contribution in [0.15, 0.2) is 24.3 Å². The largest absolute Gasteiger partial charge is 0.413 e. The Kier molecular flexibility index (Phi) is 6.55. The zero-order valence-corrected chi connectivity index (χ0v) is 14.0. The topological polar surface area (TPSA) is 29.5 Å². The van der Waals surface area contributed by atoms with Crippen molar-refractivity contribution < 1.29 is 9.53 Å². The molecule has 0 saturated carbocycles. The van der Waals surface area contributed by atoms with Crippen LogP contribution in [-0.4, -0.2) is 26.1 Å². The summed E-state index contributed by atoms with van der Waals surface area (Å²) in [5, 5.41) is 9.31. The summed E-state index contributed by atoms with van der Waals surface area (Å²) in [6.07, 6.45) is 1.66. The first kappa shape index (κ1) is 17.6. The van der Waals surface area contributed by atoms with E-state index in [1.807, 2.05) is 6.92 Å². The normalized spacial score (nSPS) is 14.4. The minimum Gasteiger partial charge on any atom is -0.413 e. The fourth-order valence-electron chi connectivity index (χ4n) is 1.52. The molecule has 0 heterocycles. The van der Waals surface area contributed by atoms with Gasteiger partial charge in [-0.3, -0.25) is 0 Å². The van der Waals surface area contributed by atoms with E-state index in [2.05, 4.69) is 47.0 Å². The summed E-state index contributed by atoms with van der Waals surface area (Å²) in [4.78, 5) is 0. The zero-order chi connectivity index (χ0) is 14.6. The van der Waals surface area contributed by atoms with Gasteiger partial charge < -0.3 is 9.53 Å². The molecule has 0 rings (SSSR count). The summed E-state index contributed by atoms with van der Waals surface area (Å²) in [5.74, 6) is 0. The fourth-order valence-corrected chi connectivity index (χ4v) is 2.88. The number of aliphatic hydroxyl groups is 1. The zero-order valence-electron chi connectivity index (χ0n) is 13.0. The van der Waals surface area contributed by atoms with Gasteiger partial charge in [0.05, 0.1) is 12.7 Å². The van der Waals surface area contributed by atoms with E-state index in [0.717, 1.165) is 24.0 Å². The highest BCUT2D eigenvalue weighted by atomic mass is 28.4. The number of aliphatic hydroxyl groups excluding tert-OH is 1. The third-order valence-corrected chi connectivity index (χ3v) is 8.12. The highest BCUT2D eigenvalue weighted by Crippen LogP contribution is 2.38. The minimum absolute atomic E-state index is 0.0353. The van der Waals surface area contributed by atoms with E-state index in [1.54, 1.807) is 0 Å². The molecule has 0 radical (unpaired) electrons. The Hall–Kier alpha value is -0.383. The molecule has 0 bridgehead atoms. The molecule has 0 aliphatic rings. The summed E-state index contributed by atoms with van der Waals surface area (Å²) in [6, 6.07) is 0. The molecular weight excluding hydrogens is 240 g/mol. The number of hydrogen-bond acceptors (Lipinski definition) is 2. The molecule has 1 N–H and O–H groups in total. The van der Waals surface area contributed by atoms with E-state index in [9.17, 15) is 0 Å². The van der Waals surface area contributed by atoms with Crippen LogP contribution in [0.1, 0.15) is 40.5 Å². The SMILES string of the molecule is C=C(C)C[C@H](CC(=C)CO)O[Si](C)(C)C(C)(C)C. The molecule has 18 heavy (non-hydrogen) atoms. The Bertz CT molecular complexity index is 300. The van der Waals surface area contributed by atoms with Crippen molar-refractivity contribution in [3.63, 3.8) is 0 Å². The minimum atomic E-state index is -1.78. The van der Waals surface area contributed by atoms with Gasteiger partial charge in [-0.2, -0.15) is 0 Å². The Morgan fingerprint density at radius 3 is 2.06 bits per heavy atom. The Morgan fingerprint density at radius 2 is 1.72 bits per heavy atom. The molecule has 0 saturated heterocycles. The van der Waals surface area contributed by atoms with Gasteiger partial charge in [-0.1, -0.05) is 32.9 Å².